The molecule has 1 aliphatic rings. The van der Waals surface area contributed by atoms with E-state index in [0.29, 0.717) is 0 Å². The molecule has 1 amide bonds. The third-order valence-electron chi connectivity index (χ3n) is 3.72. The van der Waals surface area contributed by atoms with Gasteiger partial charge in [0.15, 0.2) is 0 Å². The summed E-state index contributed by atoms with van der Waals surface area (Å²) in [6, 6.07) is 8.87. The minimum Gasteiger partial charge on any atom is -0.445 e. The molecule has 1 aliphatic heterocycles. The molecule has 0 bridgehead atoms. The van der Waals surface area contributed by atoms with Crippen LogP contribution in [0.4, 0.5) is 18.0 Å². The molecule has 1 saturated heterocycles. The van der Waals surface area contributed by atoms with Gasteiger partial charge in [-0.05, 0) is 12.0 Å². The lowest BCUT2D eigenvalue weighted by molar-refractivity contribution is -0.229. The van der Waals surface area contributed by atoms with Gasteiger partial charge in [0.05, 0.1) is 6.61 Å². The number of ether oxygens (including phenoxy) is 1. The molecule has 0 radical (unpaired) electrons. The summed E-state index contributed by atoms with van der Waals surface area (Å²) in [7, 11) is 0. The fourth-order valence-electron chi connectivity index (χ4n) is 2.29. The van der Waals surface area contributed by atoms with E-state index in [1.165, 1.54) is 0 Å². The van der Waals surface area contributed by atoms with E-state index in [-0.39, 0.29) is 19.6 Å². The van der Waals surface area contributed by atoms with Crippen molar-refractivity contribution < 1.29 is 27.8 Å². The Hall–Kier alpha value is -1.76. The molecule has 21 heavy (non-hydrogen) atoms. The van der Waals surface area contributed by atoms with Crippen LogP contribution in [0.2, 0.25) is 0 Å². The molecule has 1 aromatic rings. The number of carbonyl (C=O) groups is 1. The predicted octanol–water partition coefficient (Wildman–Crippen LogP) is 2.57. The lowest BCUT2D eigenvalue weighted by Crippen LogP contribution is -2.44. The number of hydrogen-bond acceptors (Lipinski definition) is 3. The van der Waals surface area contributed by atoms with E-state index in [0.717, 1.165) is 10.5 Å². The third kappa shape index (κ3) is 3.29. The highest BCUT2D eigenvalue weighted by Crippen LogP contribution is 2.45. The van der Waals surface area contributed by atoms with E-state index < -0.39 is 30.8 Å². The smallest absolute Gasteiger partial charge is 0.410 e. The SMILES string of the molecule is O=C(OCc1ccccc1)N1CCC(CO)(C(F)(F)F)C1. The van der Waals surface area contributed by atoms with Gasteiger partial charge in [-0.15, -0.1) is 0 Å². The lowest BCUT2D eigenvalue weighted by Gasteiger charge is -2.29. The van der Waals surface area contributed by atoms with Crippen LogP contribution in [0.15, 0.2) is 30.3 Å². The van der Waals surface area contributed by atoms with Crippen molar-refractivity contribution in [2.75, 3.05) is 19.7 Å². The van der Waals surface area contributed by atoms with Crippen molar-refractivity contribution >= 4 is 6.09 Å². The molecular weight excluding hydrogens is 287 g/mol. The molecule has 116 valence electrons. The topological polar surface area (TPSA) is 49.8 Å². The maximum atomic E-state index is 13.0. The van der Waals surface area contributed by atoms with E-state index in [9.17, 15) is 18.0 Å². The number of alkyl halides is 3. The Morgan fingerprint density at radius 1 is 1.33 bits per heavy atom. The van der Waals surface area contributed by atoms with Gasteiger partial charge in [0.25, 0.3) is 0 Å². The quantitative estimate of drug-likeness (QED) is 0.933. The second-order valence-corrected chi connectivity index (χ2v) is 5.15. The fourth-order valence-corrected chi connectivity index (χ4v) is 2.29. The van der Waals surface area contributed by atoms with Crippen molar-refractivity contribution in [2.24, 2.45) is 5.41 Å². The standard InChI is InChI=1S/C14H16F3NO3/c15-14(16,17)13(10-19)6-7-18(9-13)12(20)21-8-11-4-2-1-3-5-11/h1-5,19H,6-10H2. The number of aliphatic hydroxyl groups excluding tert-OH is 1. The number of amides is 1. The minimum absolute atomic E-state index is 0.00825. The molecular formula is C14H16F3NO3. The monoisotopic (exact) mass is 303 g/mol. The van der Waals surface area contributed by atoms with Gasteiger partial charge in [0.2, 0.25) is 0 Å². The Morgan fingerprint density at radius 2 is 2.00 bits per heavy atom. The van der Waals surface area contributed by atoms with Crippen LogP contribution in [0.3, 0.4) is 0 Å². The number of hydrogen-bond donors (Lipinski definition) is 1. The van der Waals surface area contributed by atoms with E-state index >= 15 is 0 Å². The van der Waals surface area contributed by atoms with Crippen molar-refractivity contribution in [2.45, 2.75) is 19.2 Å². The largest absolute Gasteiger partial charge is 0.445 e. The number of aliphatic hydroxyl groups is 1. The summed E-state index contributed by atoms with van der Waals surface area (Å²) in [6.45, 7) is -1.67. The van der Waals surface area contributed by atoms with Gasteiger partial charge in [-0.3, -0.25) is 0 Å². The number of rotatable bonds is 3. The van der Waals surface area contributed by atoms with Gasteiger partial charge in [-0.2, -0.15) is 13.2 Å². The molecule has 1 unspecified atom stereocenters. The lowest BCUT2D eigenvalue weighted by atomic mass is 9.87. The number of likely N-dealkylation sites (tertiary alicyclic amines) is 1. The molecule has 4 nitrogen and oxygen atoms in total. The van der Waals surface area contributed by atoms with Crippen LogP contribution in [0, 0.1) is 5.41 Å². The number of halogens is 3. The van der Waals surface area contributed by atoms with Gasteiger partial charge >= 0.3 is 12.3 Å². The first-order valence-corrected chi connectivity index (χ1v) is 6.51. The Kier molecular flexibility index (Phi) is 4.41. The van der Waals surface area contributed by atoms with Crippen LogP contribution in [-0.2, 0) is 11.3 Å². The van der Waals surface area contributed by atoms with Crippen LogP contribution in [0.25, 0.3) is 0 Å². The molecule has 7 heteroatoms. The highest BCUT2D eigenvalue weighted by molar-refractivity contribution is 5.68. The molecule has 1 fully saturated rings. The zero-order valence-corrected chi connectivity index (χ0v) is 11.3. The Bertz CT molecular complexity index is 492. The second kappa shape index (κ2) is 5.93. The van der Waals surface area contributed by atoms with Crippen LogP contribution < -0.4 is 0 Å². The zero-order valence-electron chi connectivity index (χ0n) is 11.3. The summed E-state index contributed by atoms with van der Waals surface area (Å²) in [5.41, 5.74) is -1.48. The van der Waals surface area contributed by atoms with Crippen molar-refractivity contribution in [3.63, 3.8) is 0 Å². The van der Waals surface area contributed by atoms with Gasteiger partial charge in [-0.25, -0.2) is 4.79 Å². The molecule has 1 N–H and O–H groups in total. The van der Waals surface area contributed by atoms with E-state index in [2.05, 4.69) is 0 Å². The molecule has 0 spiro atoms. The summed E-state index contributed by atoms with van der Waals surface area (Å²) in [4.78, 5) is 12.8. The first-order valence-electron chi connectivity index (χ1n) is 6.51. The van der Waals surface area contributed by atoms with Crippen molar-refractivity contribution in [1.82, 2.24) is 4.90 Å². The molecule has 0 aromatic heterocycles. The highest BCUT2D eigenvalue weighted by Gasteiger charge is 2.58. The number of carbonyl (C=O) groups excluding carboxylic acids is 1. The van der Waals surface area contributed by atoms with E-state index in [1.807, 2.05) is 6.07 Å². The summed E-state index contributed by atoms with van der Waals surface area (Å²) in [5.74, 6) is 0. The molecule has 0 aliphatic carbocycles. The van der Waals surface area contributed by atoms with Gasteiger partial charge in [0, 0.05) is 13.1 Å². The van der Waals surface area contributed by atoms with Crippen molar-refractivity contribution in [3.05, 3.63) is 35.9 Å². The van der Waals surface area contributed by atoms with Crippen LogP contribution in [-0.4, -0.2) is 42.0 Å². The van der Waals surface area contributed by atoms with E-state index in [1.54, 1.807) is 24.3 Å². The highest BCUT2D eigenvalue weighted by atomic mass is 19.4. The number of nitrogens with zero attached hydrogens (tertiary/aromatic N) is 1. The molecule has 2 rings (SSSR count). The van der Waals surface area contributed by atoms with E-state index in [4.69, 9.17) is 9.84 Å². The fraction of sp³-hybridized carbons (Fsp3) is 0.500. The summed E-state index contributed by atoms with van der Waals surface area (Å²) in [6.07, 6.45) is -5.65. The Balaban J connectivity index is 1.93. The first-order chi connectivity index (χ1) is 9.88. The van der Waals surface area contributed by atoms with Gasteiger partial charge < -0.3 is 14.7 Å². The maximum Gasteiger partial charge on any atom is 0.410 e. The minimum atomic E-state index is -4.55. The molecule has 1 aromatic carbocycles. The average Bonchev–Trinajstić information content (AvgIpc) is 2.91. The summed E-state index contributed by atoms with van der Waals surface area (Å²) >= 11 is 0. The van der Waals surface area contributed by atoms with Crippen LogP contribution in [0.5, 0.6) is 0 Å². The first kappa shape index (κ1) is 15.6. The number of benzene rings is 1. The molecule has 1 heterocycles. The van der Waals surface area contributed by atoms with Crippen molar-refractivity contribution in [3.8, 4) is 0 Å². The van der Waals surface area contributed by atoms with Gasteiger partial charge in [0.1, 0.15) is 12.0 Å². The third-order valence-corrected chi connectivity index (χ3v) is 3.72. The van der Waals surface area contributed by atoms with Crippen molar-refractivity contribution in [1.29, 1.82) is 0 Å². The van der Waals surface area contributed by atoms with Gasteiger partial charge in [-0.1, -0.05) is 30.3 Å². The summed E-state index contributed by atoms with van der Waals surface area (Å²) in [5, 5.41) is 9.06. The predicted molar refractivity (Wildman–Crippen MR) is 68.4 cm³/mol. The average molecular weight is 303 g/mol. The zero-order chi connectivity index (χ0) is 15.5. The summed E-state index contributed by atoms with van der Waals surface area (Å²) < 4.78 is 43.9. The Labute approximate surface area is 120 Å². The second-order valence-electron chi connectivity index (χ2n) is 5.15. The molecule has 0 saturated carbocycles. The normalized spacial score (nSPS) is 22.4. The Morgan fingerprint density at radius 3 is 2.52 bits per heavy atom. The molecule has 1 atom stereocenters. The maximum absolute atomic E-state index is 13.0. The van der Waals surface area contributed by atoms with Crippen LogP contribution >= 0.6 is 0 Å². The van der Waals surface area contributed by atoms with Crippen LogP contribution in [0.1, 0.15) is 12.0 Å².